The molecule has 0 saturated carbocycles. The molecular weight excluding hydrogens is 280 g/mol. The van der Waals surface area contributed by atoms with E-state index in [2.05, 4.69) is 35.4 Å². The Morgan fingerprint density at radius 3 is 2.95 bits per heavy atom. The summed E-state index contributed by atoms with van der Waals surface area (Å²) in [7, 11) is 0. The van der Waals surface area contributed by atoms with Crippen LogP contribution >= 0.6 is 11.6 Å². The number of benzene rings is 1. The monoisotopic (exact) mass is 302 g/mol. The van der Waals surface area contributed by atoms with Crippen molar-refractivity contribution >= 4 is 17.8 Å². The quantitative estimate of drug-likeness (QED) is 0.903. The summed E-state index contributed by atoms with van der Waals surface area (Å²) in [6.07, 6.45) is 9.59. The minimum Gasteiger partial charge on any atom is -0.316 e. The Balaban J connectivity index is 1.78. The normalized spacial score (nSPS) is 21.6. The van der Waals surface area contributed by atoms with Crippen LogP contribution in [0.3, 0.4) is 0 Å². The molecule has 0 fully saturated rings. The number of aliphatic imine (C=N–C) groups is 1. The van der Waals surface area contributed by atoms with Crippen LogP contribution in [0.5, 0.6) is 0 Å². The van der Waals surface area contributed by atoms with Crippen LogP contribution in [0.2, 0.25) is 5.02 Å². The van der Waals surface area contributed by atoms with Crippen molar-refractivity contribution in [2.75, 3.05) is 13.1 Å². The van der Waals surface area contributed by atoms with Crippen LogP contribution in [-0.4, -0.2) is 25.3 Å². The highest BCUT2D eigenvalue weighted by molar-refractivity contribution is 6.31. The minimum absolute atomic E-state index is 0.428. The lowest BCUT2D eigenvalue weighted by Crippen LogP contribution is -2.16. The van der Waals surface area contributed by atoms with E-state index in [1.807, 2.05) is 6.21 Å². The van der Waals surface area contributed by atoms with Gasteiger partial charge in [0.25, 0.3) is 0 Å². The highest BCUT2D eigenvalue weighted by Crippen LogP contribution is 2.28. The molecule has 1 N–H and O–H groups in total. The van der Waals surface area contributed by atoms with Crippen LogP contribution in [-0.2, 0) is 19.3 Å². The van der Waals surface area contributed by atoms with Gasteiger partial charge in [-0.15, -0.1) is 0 Å². The second kappa shape index (κ2) is 6.76. The average molecular weight is 303 g/mol. The van der Waals surface area contributed by atoms with Gasteiger partial charge in [0.1, 0.15) is 0 Å². The average Bonchev–Trinajstić information content (AvgIpc) is 2.72. The maximum Gasteiger partial charge on any atom is 0.0508 e. The van der Waals surface area contributed by atoms with Gasteiger partial charge in [-0.25, -0.2) is 0 Å². The minimum atomic E-state index is 0.428. The molecule has 0 aromatic heterocycles. The molecule has 0 amide bonds. The van der Waals surface area contributed by atoms with E-state index in [0.717, 1.165) is 50.2 Å². The molecular formula is C18H23ClN2. The van der Waals surface area contributed by atoms with E-state index in [1.54, 1.807) is 0 Å². The zero-order chi connectivity index (χ0) is 14.7. The van der Waals surface area contributed by atoms with Gasteiger partial charge in [0, 0.05) is 11.2 Å². The third kappa shape index (κ3) is 3.56. The molecule has 112 valence electrons. The third-order valence-electron chi connectivity index (χ3n) is 4.50. The standard InChI is InChI=1S/C18H23ClN2/c1-13-12-14(6-11-21-13)2-4-17-16-8-10-20-9-7-15(16)3-5-18(17)19/h3,5-6,11,13,20H,2,4,7-10,12H2,1H3/t13-/m1/s1. The van der Waals surface area contributed by atoms with Gasteiger partial charge < -0.3 is 5.32 Å². The van der Waals surface area contributed by atoms with Gasteiger partial charge >= 0.3 is 0 Å². The smallest absolute Gasteiger partial charge is 0.0508 e. The molecule has 0 aliphatic carbocycles. The largest absolute Gasteiger partial charge is 0.316 e. The summed E-state index contributed by atoms with van der Waals surface area (Å²) in [5.74, 6) is 0. The van der Waals surface area contributed by atoms with Gasteiger partial charge in [0.2, 0.25) is 0 Å². The van der Waals surface area contributed by atoms with Crippen molar-refractivity contribution in [2.45, 2.75) is 45.1 Å². The highest BCUT2D eigenvalue weighted by Gasteiger charge is 2.15. The molecule has 3 heteroatoms. The van der Waals surface area contributed by atoms with Gasteiger partial charge in [0.05, 0.1) is 6.04 Å². The molecule has 21 heavy (non-hydrogen) atoms. The van der Waals surface area contributed by atoms with Crippen molar-refractivity contribution < 1.29 is 0 Å². The highest BCUT2D eigenvalue weighted by atomic mass is 35.5. The summed E-state index contributed by atoms with van der Waals surface area (Å²) < 4.78 is 0. The van der Waals surface area contributed by atoms with E-state index >= 15 is 0 Å². The van der Waals surface area contributed by atoms with Crippen LogP contribution in [0.15, 0.2) is 28.8 Å². The summed E-state index contributed by atoms with van der Waals surface area (Å²) in [6.45, 7) is 4.32. The molecule has 0 saturated heterocycles. The predicted octanol–water partition coefficient (Wildman–Crippen LogP) is 3.75. The molecule has 2 heterocycles. The summed E-state index contributed by atoms with van der Waals surface area (Å²) in [5, 5.41) is 4.42. The van der Waals surface area contributed by atoms with E-state index in [4.69, 9.17) is 11.6 Å². The lowest BCUT2D eigenvalue weighted by molar-refractivity contribution is 0.696. The number of hydrogen-bond acceptors (Lipinski definition) is 2. The Morgan fingerprint density at radius 1 is 1.24 bits per heavy atom. The van der Waals surface area contributed by atoms with Crippen LogP contribution in [0.1, 0.15) is 36.5 Å². The van der Waals surface area contributed by atoms with E-state index in [0.29, 0.717) is 6.04 Å². The van der Waals surface area contributed by atoms with Gasteiger partial charge in [0.15, 0.2) is 0 Å². The molecule has 1 atom stereocenters. The van der Waals surface area contributed by atoms with Crippen molar-refractivity contribution in [2.24, 2.45) is 4.99 Å². The lowest BCUT2D eigenvalue weighted by atomic mass is 9.91. The van der Waals surface area contributed by atoms with E-state index in [1.165, 1.54) is 22.3 Å². The second-order valence-electron chi connectivity index (χ2n) is 6.09. The lowest BCUT2D eigenvalue weighted by Gasteiger charge is -2.17. The molecule has 0 radical (unpaired) electrons. The number of allylic oxidation sites excluding steroid dienone is 1. The Hall–Kier alpha value is -1.12. The fourth-order valence-corrected chi connectivity index (χ4v) is 3.63. The molecule has 2 nitrogen and oxygen atoms in total. The van der Waals surface area contributed by atoms with Crippen molar-refractivity contribution in [3.63, 3.8) is 0 Å². The van der Waals surface area contributed by atoms with E-state index in [9.17, 15) is 0 Å². The summed E-state index contributed by atoms with van der Waals surface area (Å²) in [5.41, 5.74) is 5.84. The summed E-state index contributed by atoms with van der Waals surface area (Å²) in [4.78, 5) is 4.40. The topological polar surface area (TPSA) is 24.4 Å². The predicted molar refractivity (Wildman–Crippen MR) is 90.7 cm³/mol. The third-order valence-corrected chi connectivity index (χ3v) is 4.85. The molecule has 1 aromatic carbocycles. The number of nitrogens with one attached hydrogen (secondary N) is 1. The number of dihydropyridines is 1. The van der Waals surface area contributed by atoms with Gasteiger partial charge in [-0.05, 0) is 81.0 Å². The van der Waals surface area contributed by atoms with Crippen molar-refractivity contribution in [3.8, 4) is 0 Å². The van der Waals surface area contributed by atoms with Crippen LogP contribution in [0.25, 0.3) is 0 Å². The molecule has 2 aliphatic heterocycles. The van der Waals surface area contributed by atoms with Crippen LogP contribution in [0.4, 0.5) is 0 Å². The van der Waals surface area contributed by atoms with Crippen molar-refractivity contribution in [1.29, 1.82) is 0 Å². The molecule has 0 spiro atoms. The fourth-order valence-electron chi connectivity index (χ4n) is 3.36. The van der Waals surface area contributed by atoms with Crippen LogP contribution < -0.4 is 5.32 Å². The number of fused-ring (bicyclic) bond motifs is 1. The first kappa shape index (κ1) is 14.8. The molecule has 1 aromatic rings. The first-order valence-corrected chi connectivity index (χ1v) is 8.33. The number of halogens is 1. The van der Waals surface area contributed by atoms with Gasteiger partial charge in [-0.3, -0.25) is 4.99 Å². The Kier molecular flexibility index (Phi) is 4.77. The maximum atomic E-state index is 6.49. The first-order valence-electron chi connectivity index (χ1n) is 7.95. The zero-order valence-electron chi connectivity index (χ0n) is 12.7. The summed E-state index contributed by atoms with van der Waals surface area (Å²) in [6, 6.07) is 4.72. The molecule has 0 bridgehead atoms. The molecule has 3 rings (SSSR count). The van der Waals surface area contributed by atoms with Crippen molar-refractivity contribution in [1.82, 2.24) is 5.32 Å². The SMILES string of the molecule is C[C@@H]1CC(CCc2c(Cl)ccc3c2CCNCC3)=CC=N1. The Bertz CT molecular complexity index is 575. The number of nitrogens with zero attached hydrogens (tertiary/aromatic N) is 1. The van der Waals surface area contributed by atoms with Gasteiger partial charge in [-0.1, -0.05) is 23.2 Å². The Labute approximate surface area is 132 Å². The molecule has 0 unspecified atom stereocenters. The number of rotatable bonds is 3. The second-order valence-corrected chi connectivity index (χ2v) is 6.50. The van der Waals surface area contributed by atoms with E-state index in [-0.39, 0.29) is 0 Å². The van der Waals surface area contributed by atoms with Gasteiger partial charge in [-0.2, -0.15) is 0 Å². The van der Waals surface area contributed by atoms with Crippen LogP contribution in [0, 0.1) is 0 Å². The fraction of sp³-hybridized carbons (Fsp3) is 0.500. The maximum absolute atomic E-state index is 6.49. The Morgan fingerprint density at radius 2 is 2.10 bits per heavy atom. The first-order chi connectivity index (χ1) is 10.2. The van der Waals surface area contributed by atoms with Crippen molar-refractivity contribution in [3.05, 3.63) is 45.5 Å². The summed E-state index contributed by atoms with van der Waals surface area (Å²) >= 11 is 6.49. The zero-order valence-corrected chi connectivity index (χ0v) is 13.4. The van der Waals surface area contributed by atoms with E-state index < -0.39 is 0 Å². The number of hydrogen-bond donors (Lipinski definition) is 1. The molecule has 2 aliphatic rings.